The van der Waals surface area contributed by atoms with Gasteiger partial charge in [-0.2, -0.15) is 10.4 Å². The summed E-state index contributed by atoms with van der Waals surface area (Å²) < 4.78 is 0. The van der Waals surface area contributed by atoms with Crippen LogP contribution in [0.15, 0.2) is 34.4 Å². The molecular weight excluding hydrogens is 358 g/mol. The van der Waals surface area contributed by atoms with Crippen LogP contribution in [-0.4, -0.2) is 33.1 Å². The van der Waals surface area contributed by atoms with Crippen LogP contribution in [0.5, 0.6) is 0 Å². The average molecular weight is 382 g/mol. The molecule has 1 saturated carbocycles. The minimum atomic E-state index is -0.709. The van der Waals surface area contributed by atoms with E-state index in [1.165, 1.54) is 17.3 Å². The summed E-state index contributed by atoms with van der Waals surface area (Å²) in [6.45, 7) is 1.87. The quantitative estimate of drug-likeness (QED) is 0.861. The molecule has 0 spiro atoms. The third kappa shape index (κ3) is 3.46. The second-order valence-corrected chi connectivity index (χ2v) is 8.66. The molecule has 0 unspecified atom stereocenters. The number of para-hydroxylation sites is 1. The Hall–Kier alpha value is -2.33. The SMILES string of the molecule is C[C@@H](SC1=Nc2ccccc2[C@H]2CC=NN12)C(=O)NC1(C#N)CCCCC1. The van der Waals surface area contributed by atoms with Crippen LogP contribution in [0, 0.1) is 11.3 Å². The molecule has 0 aromatic heterocycles. The lowest BCUT2D eigenvalue weighted by atomic mass is 9.83. The van der Waals surface area contributed by atoms with Crippen LogP contribution in [0.4, 0.5) is 5.69 Å². The predicted octanol–water partition coefficient (Wildman–Crippen LogP) is 3.88. The largest absolute Gasteiger partial charge is 0.337 e. The Kier molecular flexibility index (Phi) is 4.92. The Morgan fingerprint density at radius 2 is 2.15 bits per heavy atom. The molecule has 2 atom stereocenters. The molecule has 140 valence electrons. The summed E-state index contributed by atoms with van der Waals surface area (Å²) in [7, 11) is 0. The number of nitriles is 1. The van der Waals surface area contributed by atoms with Gasteiger partial charge in [-0.05, 0) is 25.8 Å². The lowest BCUT2D eigenvalue weighted by Gasteiger charge is -2.33. The van der Waals surface area contributed by atoms with Crippen LogP contribution in [-0.2, 0) is 4.79 Å². The van der Waals surface area contributed by atoms with Crippen molar-refractivity contribution in [1.29, 1.82) is 5.26 Å². The number of aliphatic imine (C=N–C) groups is 1. The van der Waals surface area contributed by atoms with E-state index in [4.69, 9.17) is 4.99 Å². The Morgan fingerprint density at radius 3 is 2.93 bits per heavy atom. The summed E-state index contributed by atoms with van der Waals surface area (Å²) in [6.07, 6.45) is 7.33. The molecule has 1 amide bonds. The van der Waals surface area contributed by atoms with Gasteiger partial charge in [-0.15, -0.1) is 0 Å². The molecule has 2 aliphatic heterocycles. The van der Waals surface area contributed by atoms with Gasteiger partial charge >= 0.3 is 0 Å². The highest BCUT2D eigenvalue weighted by atomic mass is 32.2. The number of hydrogen-bond donors (Lipinski definition) is 1. The Bertz CT molecular complexity index is 837. The van der Waals surface area contributed by atoms with Crippen molar-refractivity contribution in [3.8, 4) is 6.07 Å². The molecular formula is C20H23N5OS. The van der Waals surface area contributed by atoms with Gasteiger partial charge in [0.15, 0.2) is 5.17 Å². The second-order valence-electron chi connectivity index (χ2n) is 7.35. The van der Waals surface area contributed by atoms with Gasteiger partial charge in [0.05, 0.1) is 23.0 Å². The van der Waals surface area contributed by atoms with E-state index in [1.807, 2.05) is 36.3 Å². The molecule has 4 rings (SSSR count). The monoisotopic (exact) mass is 381 g/mol. The molecule has 1 aliphatic carbocycles. The number of thioether (sulfide) groups is 1. The molecule has 0 bridgehead atoms. The van der Waals surface area contributed by atoms with E-state index in [0.29, 0.717) is 0 Å². The zero-order valence-electron chi connectivity index (χ0n) is 15.4. The van der Waals surface area contributed by atoms with Gasteiger partial charge in [0, 0.05) is 18.2 Å². The molecule has 1 fully saturated rings. The minimum Gasteiger partial charge on any atom is -0.337 e. The molecule has 1 aromatic rings. The first kappa shape index (κ1) is 18.1. The number of amidine groups is 1. The summed E-state index contributed by atoms with van der Waals surface area (Å²) in [4.78, 5) is 17.5. The third-order valence-corrected chi connectivity index (χ3v) is 6.53. The zero-order chi connectivity index (χ0) is 18.9. The number of nitrogens with one attached hydrogen (secondary N) is 1. The van der Waals surface area contributed by atoms with Crippen LogP contribution >= 0.6 is 11.8 Å². The van der Waals surface area contributed by atoms with Crippen LogP contribution in [0.2, 0.25) is 0 Å². The van der Waals surface area contributed by atoms with Gasteiger partial charge in [0.25, 0.3) is 0 Å². The molecule has 1 aromatic carbocycles. The first-order valence-electron chi connectivity index (χ1n) is 9.51. The van der Waals surface area contributed by atoms with E-state index < -0.39 is 5.54 Å². The van der Waals surface area contributed by atoms with E-state index in [1.54, 1.807) is 0 Å². The number of nitrogens with zero attached hydrogens (tertiary/aromatic N) is 4. The first-order chi connectivity index (χ1) is 13.1. The maximum atomic E-state index is 12.8. The number of rotatable bonds is 3. The average Bonchev–Trinajstić information content (AvgIpc) is 3.19. The number of amides is 1. The van der Waals surface area contributed by atoms with Gasteiger partial charge in [-0.1, -0.05) is 49.2 Å². The highest BCUT2D eigenvalue weighted by molar-refractivity contribution is 8.14. The third-order valence-electron chi connectivity index (χ3n) is 5.47. The molecule has 6 nitrogen and oxygen atoms in total. The summed E-state index contributed by atoms with van der Waals surface area (Å²) >= 11 is 1.41. The predicted molar refractivity (Wildman–Crippen MR) is 108 cm³/mol. The Morgan fingerprint density at radius 1 is 1.37 bits per heavy atom. The van der Waals surface area contributed by atoms with Gasteiger partial charge < -0.3 is 5.32 Å². The van der Waals surface area contributed by atoms with Crippen LogP contribution in [0.3, 0.4) is 0 Å². The van der Waals surface area contributed by atoms with E-state index in [-0.39, 0.29) is 17.2 Å². The van der Waals surface area contributed by atoms with E-state index in [9.17, 15) is 10.1 Å². The number of hydrazone groups is 1. The minimum absolute atomic E-state index is 0.107. The summed E-state index contributed by atoms with van der Waals surface area (Å²) in [6, 6.07) is 10.6. The topological polar surface area (TPSA) is 80.8 Å². The van der Waals surface area contributed by atoms with E-state index in [2.05, 4.69) is 22.6 Å². The molecule has 7 heteroatoms. The Balaban J connectivity index is 1.50. The van der Waals surface area contributed by atoms with Crippen molar-refractivity contribution in [2.75, 3.05) is 0 Å². The standard InChI is InChI=1S/C20H23N5OS/c1-14(18(26)24-20(13-21)10-5-2-6-11-20)27-19-23-16-8-4-3-7-15(16)17-9-12-22-25(17)19/h3-4,7-8,12,14,17H,2,5-6,9-11H2,1H3,(H,24,26)/t14-,17-/m1/s1. The highest BCUT2D eigenvalue weighted by Gasteiger charge is 2.37. The van der Waals surface area contributed by atoms with E-state index >= 15 is 0 Å². The van der Waals surface area contributed by atoms with Gasteiger partial charge in [-0.25, -0.2) is 10.0 Å². The molecule has 0 saturated heterocycles. The van der Waals surface area contributed by atoms with Crippen LogP contribution in [0.1, 0.15) is 57.1 Å². The van der Waals surface area contributed by atoms with Crippen molar-refractivity contribution in [2.45, 2.75) is 62.3 Å². The van der Waals surface area contributed by atoms with E-state index in [0.717, 1.165) is 49.4 Å². The fourth-order valence-electron chi connectivity index (χ4n) is 3.93. The van der Waals surface area contributed by atoms with Crippen molar-refractivity contribution in [3.63, 3.8) is 0 Å². The number of fused-ring (bicyclic) bond motifs is 3. The normalized spacial score (nSPS) is 23.6. The number of carbonyl (C=O) groups excluding carboxylic acids is 1. The number of benzene rings is 1. The second kappa shape index (κ2) is 7.35. The Labute approximate surface area is 163 Å². The van der Waals surface area contributed by atoms with Crippen LogP contribution in [0.25, 0.3) is 0 Å². The molecule has 3 aliphatic rings. The van der Waals surface area contributed by atoms with Gasteiger partial charge in [-0.3, -0.25) is 4.79 Å². The molecule has 1 N–H and O–H groups in total. The summed E-state index contributed by atoms with van der Waals surface area (Å²) in [5.41, 5.74) is 1.40. The zero-order valence-corrected chi connectivity index (χ0v) is 16.2. The fourth-order valence-corrected chi connectivity index (χ4v) is 4.85. The lowest BCUT2D eigenvalue weighted by molar-refractivity contribution is -0.121. The first-order valence-corrected chi connectivity index (χ1v) is 10.4. The number of hydrogen-bond acceptors (Lipinski definition) is 6. The summed E-state index contributed by atoms with van der Waals surface area (Å²) in [5, 5.41) is 19.4. The van der Waals surface area contributed by atoms with Crippen molar-refractivity contribution in [3.05, 3.63) is 29.8 Å². The van der Waals surface area contributed by atoms with Crippen LogP contribution < -0.4 is 5.32 Å². The van der Waals surface area contributed by atoms with Crippen molar-refractivity contribution in [2.24, 2.45) is 10.1 Å². The lowest BCUT2D eigenvalue weighted by Crippen LogP contribution is -2.51. The molecule has 0 radical (unpaired) electrons. The van der Waals surface area contributed by atoms with Gasteiger partial charge in [0.1, 0.15) is 5.54 Å². The maximum absolute atomic E-state index is 12.8. The smallest absolute Gasteiger partial charge is 0.234 e. The van der Waals surface area contributed by atoms with Crippen molar-refractivity contribution < 1.29 is 4.79 Å². The fraction of sp³-hybridized carbons (Fsp3) is 0.500. The number of carbonyl (C=O) groups is 1. The van der Waals surface area contributed by atoms with Gasteiger partial charge in [0.2, 0.25) is 5.91 Å². The van der Waals surface area contributed by atoms with Crippen molar-refractivity contribution in [1.82, 2.24) is 10.3 Å². The molecule has 2 heterocycles. The maximum Gasteiger partial charge on any atom is 0.234 e. The molecule has 27 heavy (non-hydrogen) atoms. The highest BCUT2D eigenvalue weighted by Crippen LogP contribution is 2.41. The summed E-state index contributed by atoms with van der Waals surface area (Å²) in [5.74, 6) is -0.107. The van der Waals surface area contributed by atoms with Crippen molar-refractivity contribution >= 4 is 34.7 Å².